The Bertz CT molecular complexity index is 891. The van der Waals surface area contributed by atoms with Crippen LogP contribution in [0.4, 0.5) is 11.4 Å². The van der Waals surface area contributed by atoms with Crippen LogP contribution in [0.1, 0.15) is 18.0 Å². The maximum absolute atomic E-state index is 12.5. The fourth-order valence-corrected chi connectivity index (χ4v) is 3.39. The number of carbonyl (C=O) groups excluding carboxylic acids is 2. The van der Waals surface area contributed by atoms with Crippen molar-refractivity contribution in [1.82, 2.24) is 20.2 Å². The van der Waals surface area contributed by atoms with E-state index in [-0.39, 0.29) is 30.9 Å². The molecule has 0 saturated carbocycles. The second-order valence-corrected chi connectivity index (χ2v) is 6.44. The van der Waals surface area contributed by atoms with Gasteiger partial charge < -0.3 is 15.4 Å². The molecule has 10 heteroatoms. The highest BCUT2D eigenvalue weighted by molar-refractivity contribution is 7.08. The largest absolute Gasteiger partial charge is 0.482 e. The summed E-state index contributed by atoms with van der Waals surface area (Å²) in [6, 6.07) is 6.75. The van der Waals surface area contributed by atoms with Gasteiger partial charge in [-0.25, -0.2) is 4.68 Å². The summed E-state index contributed by atoms with van der Waals surface area (Å²) < 4.78 is 6.93. The van der Waals surface area contributed by atoms with Crippen molar-refractivity contribution in [2.45, 2.75) is 12.5 Å². The molecular weight excluding hydrogens is 356 g/mol. The molecule has 1 aliphatic heterocycles. The first kappa shape index (κ1) is 16.2. The molecule has 4 rings (SSSR count). The first-order valence-corrected chi connectivity index (χ1v) is 8.74. The predicted octanol–water partition coefficient (Wildman–Crippen LogP) is 1.68. The number of amides is 2. The number of hydrogen-bond donors (Lipinski definition) is 2. The second kappa shape index (κ2) is 6.92. The molecule has 9 nitrogen and oxygen atoms in total. The van der Waals surface area contributed by atoms with Crippen molar-refractivity contribution >= 4 is 34.5 Å². The lowest BCUT2D eigenvalue weighted by Crippen LogP contribution is -2.25. The van der Waals surface area contributed by atoms with Crippen LogP contribution in [-0.4, -0.2) is 38.6 Å². The third-order valence-electron chi connectivity index (χ3n) is 3.89. The van der Waals surface area contributed by atoms with E-state index in [1.54, 1.807) is 34.2 Å². The summed E-state index contributed by atoms with van der Waals surface area (Å²) in [6.45, 7) is -0.0378. The first-order valence-electron chi connectivity index (χ1n) is 7.80. The maximum Gasteiger partial charge on any atom is 0.262 e. The number of hydrogen-bond acceptors (Lipinski definition) is 7. The number of anilines is 2. The summed E-state index contributed by atoms with van der Waals surface area (Å²) in [5, 5.41) is 20.7. The minimum atomic E-state index is -0.288. The lowest BCUT2D eigenvalue weighted by atomic mass is 10.1. The van der Waals surface area contributed by atoms with Gasteiger partial charge in [0.25, 0.3) is 5.91 Å². The van der Waals surface area contributed by atoms with Crippen molar-refractivity contribution in [3.63, 3.8) is 0 Å². The van der Waals surface area contributed by atoms with Crippen LogP contribution in [0.2, 0.25) is 0 Å². The molecule has 2 N–H and O–H groups in total. The van der Waals surface area contributed by atoms with Crippen molar-refractivity contribution in [2.75, 3.05) is 17.2 Å². The van der Waals surface area contributed by atoms with Gasteiger partial charge in [-0.15, -0.1) is 5.10 Å². The molecule has 26 heavy (non-hydrogen) atoms. The van der Waals surface area contributed by atoms with Gasteiger partial charge in [0.15, 0.2) is 6.61 Å². The van der Waals surface area contributed by atoms with E-state index in [0.717, 1.165) is 5.56 Å². The van der Waals surface area contributed by atoms with E-state index >= 15 is 0 Å². The van der Waals surface area contributed by atoms with Gasteiger partial charge >= 0.3 is 0 Å². The molecule has 0 fully saturated rings. The Morgan fingerprint density at radius 1 is 1.42 bits per heavy atom. The number of ether oxygens (including phenoxy) is 1. The third-order valence-corrected chi connectivity index (χ3v) is 4.59. The van der Waals surface area contributed by atoms with Crippen molar-refractivity contribution in [3.8, 4) is 5.75 Å². The number of thiophene rings is 1. The van der Waals surface area contributed by atoms with Crippen molar-refractivity contribution in [1.29, 1.82) is 0 Å². The quantitative estimate of drug-likeness (QED) is 0.707. The smallest absolute Gasteiger partial charge is 0.262 e. The van der Waals surface area contributed by atoms with Gasteiger partial charge in [-0.2, -0.15) is 11.3 Å². The van der Waals surface area contributed by atoms with Gasteiger partial charge in [0.2, 0.25) is 5.91 Å². The number of carbonyl (C=O) groups is 2. The highest BCUT2D eigenvalue weighted by Gasteiger charge is 2.21. The zero-order valence-corrected chi connectivity index (χ0v) is 14.3. The molecule has 1 aromatic carbocycles. The summed E-state index contributed by atoms with van der Waals surface area (Å²) in [5.74, 6) is 0.142. The standard InChI is InChI=1S/C16H14N6O3S/c23-15(6-13(10-3-4-26-8-10)22-9-17-20-21-22)18-11-1-2-12-14(5-11)25-7-16(24)19-12/h1-5,8-9,13H,6-7H2,(H,18,23)(H,19,24)/t13-/m1/s1. The molecule has 0 spiro atoms. The van der Waals surface area contributed by atoms with Gasteiger partial charge in [-0.3, -0.25) is 9.59 Å². The Morgan fingerprint density at radius 2 is 2.35 bits per heavy atom. The van der Waals surface area contributed by atoms with E-state index in [0.29, 0.717) is 17.1 Å². The number of nitrogens with one attached hydrogen (secondary N) is 2. The minimum absolute atomic E-state index is 0.0378. The van der Waals surface area contributed by atoms with Crippen LogP contribution in [-0.2, 0) is 9.59 Å². The van der Waals surface area contributed by atoms with Crippen molar-refractivity contribution in [3.05, 3.63) is 46.9 Å². The Labute approximate surface area is 152 Å². The van der Waals surface area contributed by atoms with Gasteiger partial charge in [0, 0.05) is 11.8 Å². The van der Waals surface area contributed by atoms with E-state index in [1.165, 1.54) is 6.33 Å². The number of nitrogens with zero attached hydrogens (tertiary/aromatic N) is 4. The maximum atomic E-state index is 12.5. The highest BCUT2D eigenvalue weighted by Crippen LogP contribution is 2.31. The SMILES string of the molecule is O=C(C[C@H](c1ccsc1)n1cnnn1)Nc1ccc2c(c1)OCC(=O)N2. The van der Waals surface area contributed by atoms with Crippen molar-refractivity contribution in [2.24, 2.45) is 0 Å². The van der Waals surface area contributed by atoms with Crippen LogP contribution in [0.25, 0.3) is 0 Å². The highest BCUT2D eigenvalue weighted by atomic mass is 32.1. The third kappa shape index (κ3) is 3.40. The lowest BCUT2D eigenvalue weighted by Gasteiger charge is -2.19. The van der Waals surface area contributed by atoms with Crippen LogP contribution in [0.15, 0.2) is 41.4 Å². The van der Waals surface area contributed by atoms with Crippen molar-refractivity contribution < 1.29 is 14.3 Å². The normalized spacial score (nSPS) is 14.1. The van der Waals surface area contributed by atoms with Crippen LogP contribution in [0, 0.1) is 0 Å². The lowest BCUT2D eigenvalue weighted by molar-refractivity contribution is -0.119. The Kier molecular flexibility index (Phi) is 4.32. The number of benzene rings is 1. The Morgan fingerprint density at radius 3 is 3.12 bits per heavy atom. The Hall–Kier alpha value is -3.27. The number of tetrazole rings is 1. The fraction of sp³-hybridized carbons (Fsp3) is 0.188. The summed E-state index contributed by atoms with van der Waals surface area (Å²) in [4.78, 5) is 23.8. The summed E-state index contributed by atoms with van der Waals surface area (Å²) >= 11 is 1.55. The number of fused-ring (bicyclic) bond motifs is 1. The van der Waals surface area contributed by atoms with Gasteiger partial charge in [-0.05, 0) is 44.9 Å². The predicted molar refractivity (Wildman–Crippen MR) is 94.1 cm³/mol. The molecule has 0 unspecified atom stereocenters. The van der Waals surface area contributed by atoms with Crippen LogP contribution >= 0.6 is 11.3 Å². The van der Waals surface area contributed by atoms with E-state index in [2.05, 4.69) is 26.2 Å². The zero-order chi connectivity index (χ0) is 17.9. The van der Waals surface area contributed by atoms with Gasteiger partial charge in [-0.1, -0.05) is 0 Å². The van der Waals surface area contributed by atoms with Gasteiger partial charge in [0.05, 0.1) is 18.2 Å². The molecule has 0 bridgehead atoms. The molecule has 3 heterocycles. The molecular formula is C16H14N6O3S. The monoisotopic (exact) mass is 370 g/mol. The number of rotatable bonds is 5. The number of aromatic nitrogens is 4. The molecule has 2 aromatic heterocycles. The second-order valence-electron chi connectivity index (χ2n) is 5.66. The summed E-state index contributed by atoms with van der Waals surface area (Å²) in [7, 11) is 0. The van der Waals surface area contributed by atoms with Gasteiger partial charge in [0.1, 0.15) is 12.1 Å². The molecule has 0 saturated heterocycles. The molecule has 2 amide bonds. The molecule has 3 aromatic rings. The van der Waals surface area contributed by atoms with E-state index < -0.39 is 0 Å². The zero-order valence-electron chi connectivity index (χ0n) is 13.5. The minimum Gasteiger partial charge on any atom is -0.482 e. The first-order chi connectivity index (χ1) is 12.7. The Balaban J connectivity index is 1.48. The van der Waals surface area contributed by atoms with E-state index in [9.17, 15) is 9.59 Å². The van der Waals surface area contributed by atoms with E-state index in [1.807, 2.05) is 16.8 Å². The summed E-state index contributed by atoms with van der Waals surface area (Å²) in [5.41, 5.74) is 2.14. The molecule has 132 valence electrons. The fourth-order valence-electron chi connectivity index (χ4n) is 2.68. The molecule has 1 atom stereocenters. The molecule has 0 radical (unpaired) electrons. The average molecular weight is 370 g/mol. The van der Waals surface area contributed by atoms with Crippen LogP contribution in [0.3, 0.4) is 0 Å². The average Bonchev–Trinajstić information content (AvgIpc) is 3.34. The van der Waals surface area contributed by atoms with Crippen LogP contribution < -0.4 is 15.4 Å². The molecule has 0 aliphatic carbocycles. The molecule has 1 aliphatic rings. The van der Waals surface area contributed by atoms with E-state index in [4.69, 9.17) is 4.74 Å². The van der Waals surface area contributed by atoms with Crippen LogP contribution in [0.5, 0.6) is 5.75 Å². The summed E-state index contributed by atoms with van der Waals surface area (Å²) in [6.07, 6.45) is 1.67. The topological polar surface area (TPSA) is 111 Å².